The van der Waals surface area contributed by atoms with Gasteiger partial charge in [0.25, 0.3) is 11.8 Å². The number of imide groups is 1. The fourth-order valence-electron chi connectivity index (χ4n) is 3.86. The fourth-order valence-corrected chi connectivity index (χ4v) is 3.86. The summed E-state index contributed by atoms with van der Waals surface area (Å²) < 4.78 is 26.6. The molecule has 7 heteroatoms. The Morgan fingerprint density at radius 2 is 1.37 bits per heavy atom. The minimum atomic E-state index is -0.398. The summed E-state index contributed by atoms with van der Waals surface area (Å²) in [5.41, 5.74) is 2.09. The molecule has 156 valence electrons. The van der Waals surface area contributed by atoms with E-state index in [4.69, 9.17) is 0 Å². The van der Waals surface area contributed by atoms with Crippen LogP contribution in [0.15, 0.2) is 54.2 Å². The van der Waals surface area contributed by atoms with Gasteiger partial charge in [-0.3, -0.25) is 14.5 Å². The summed E-state index contributed by atoms with van der Waals surface area (Å²) in [6.07, 6.45) is 0.435. The van der Waals surface area contributed by atoms with Crippen molar-refractivity contribution in [2.75, 3.05) is 39.8 Å². The van der Waals surface area contributed by atoms with E-state index in [0.29, 0.717) is 36.3 Å². The van der Waals surface area contributed by atoms with Crippen molar-refractivity contribution in [3.63, 3.8) is 0 Å². The Hall–Kier alpha value is -3.06. The van der Waals surface area contributed by atoms with Gasteiger partial charge in [-0.25, -0.2) is 8.78 Å². The molecule has 2 amide bonds. The Balaban J connectivity index is 1.63. The number of hydrogen-bond donors (Lipinski definition) is 0. The Kier molecular flexibility index (Phi) is 5.63. The summed E-state index contributed by atoms with van der Waals surface area (Å²) in [6.45, 7) is 3.06. The fraction of sp³-hybridized carbons (Fsp3) is 0.304. The van der Waals surface area contributed by atoms with Gasteiger partial charge in [-0.15, -0.1) is 0 Å². The maximum Gasteiger partial charge on any atom is 0.277 e. The van der Waals surface area contributed by atoms with Crippen LogP contribution in [0.25, 0.3) is 5.57 Å². The number of carbonyl (C=O) groups is 2. The van der Waals surface area contributed by atoms with Gasteiger partial charge in [-0.2, -0.15) is 0 Å². The molecule has 1 saturated heterocycles. The van der Waals surface area contributed by atoms with Crippen molar-refractivity contribution in [2.24, 2.45) is 0 Å². The molecule has 0 unspecified atom stereocenters. The molecule has 1 fully saturated rings. The van der Waals surface area contributed by atoms with E-state index >= 15 is 0 Å². The van der Waals surface area contributed by atoms with Crippen molar-refractivity contribution in [2.45, 2.75) is 6.42 Å². The second-order valence-corrected chi connectivity index (χ2v) is 7.66. The topological polar surface area (TPSA) is 43.9 Å². The van der Waals surface area contributed by atoms with Crippen LogP contribution in [0.2, 0.25) is 0 Å². The number of amides is 2. The normalized spacial score (nSPS) is 18.0. The summed E-state index contributed by atoms with van der Waals surface area (Å²) >= 11 is 0. The molecule has 0 N–H and O–H groups in total. The maximum atomic E-state index is 13.4. The van der Waals surface area contributed by atoms with Crippen LogP contribution in [0.5, 0.6) is 0 Å². The van der Waals surface area contributed by atoms with Gasteiger partial charge < -0.3 is 9.80 Å². The lowest BCUT2D eigenvalue weighted by molar-refractivity contribution is -0.137. The van der Waals surface area contributed by atoms with Gasteiger partial charge in [0.2, 0.25) is 0 Å². The standard InChI is InChI=1S/C23H23F2N3O2/c1-26-12-14-27(15-13-26)21-20(17-4-8-19(25)9-5-17)22(29)28(23(21)30)11-10-16-2-6-18(24)7-3-16/h2-9H,10-15H2,1H3. The number of rotatable bonds is 5. The highest BCUT2D eigenvalue weighted by molar-refractivity contribution is 6.35. The molecule has 2 aliphatic heterocycles. The lowest BCUT2D eigenvalue weighted by Crippen LogP contribution is -2.46. The molecular formula is C23H23F2N3O2. The van der Waals surface area contributed by atoms with E-state index in [-0.39, 0.29) is 24.2 Å². The predicted molar refractivity (Wildman–Crippen MR) is 109 cm³/mol. The van der Waals surface area contributed by atoms with E-state index in [1.54, 1.807) is 12.1 Å². The zero-order valence-electron chi connectivity index (χ0n) is 16.8. The van der Waals surface area contributed by atoms with E-state index < -0.39 is 5.82 Å². The molecule has 0 saturated carbocycles. The van der Waals surface area contributed by atoms with Crippen molar-refractivity contribution in [1.29, 1.82) is 0 Å². The quantitative estimate of drug-likeness (QED) is 0.710. The summed E-state index contributed by atoms with van der Waals surface area (Å²) in [6, 6.07) is 11.7. The Morgan fingerprint density at radius 1 is 0.800 bits per heavy atom. The van der Waals surface area contributed by atoms with Crippen molar-refractivity contribution < 1.29 is 18.4 Å². The number of benzene rings is 2. The van der Waals surface area contributed by atoms with Crippen molar-refractivity contribution in [3.8, 4) is 0 Å². The van der Waals surface area contributed by atoms with E-state index in [1.807, 2.05) is 11.9 Å². The highest BCUT2D eigenvalue weighted by Gasteiger charge is 2.41. The predicted octanol–water partition coefficient (Wildman–Crippen LogP) is 2.53. The van der Waals surface area contributed by atoms with Gasteiger partial charge in [-0.1, -0.05) is 24.3 Å². The maximum absolute atomic E-state index is 13.4. The number of likely N-dealkylation sites (N-methyl/N-ethyl adjacent to an activating group) is 1. The number of piperazine rings is 1. The lowest BCUT2D eigenvalue weighted by atomic mass is 10.0. The third kappa shape index (κ3) is 3.98. The van der Waals surface area contributed by atoms with Gasteiger partial charge >= 0.3 is 0 Å². The zero-order chi connectivity index (χ0) is 21.3. The summed E-state index contributed by atoms with van der Waals surface area (Å²) in [7, 11) is 2.02. The molecule has 0 aromatic heterocycles. The Bertz CT molecular complexity index is 979. The Labute approximate surface area is 174 Å². The molecule has 30 heavy (non-hydrogen) atoms. The highest BCUT2D eigenvalue weighted by Crippen LogP contribution is 2.32. The second kappa shape index (κ2) is 8.36. The molecule has 0 bridgehead atoms. The molecule has 4 rings (SSSR count). The first kappa shape index (κ1) is 20.2. The molecule has 2 aliphatic rings. The number of nitrogens with zero attached hydrogens (tertiary/aromatic N) is 3. The molecule has 2 aromatic carbocycles. The van der Waals surface area contributed by atoms with Crippen molar-refractivity contribution >= 4 is 17.4 Å². The average molecular weight is 411 g/mol. The van der Waals surface area contributed by atoms with E-state index in [1.165, 1.54) is 41.3 Å². The second-order valence-electron chi connectivity index (χ2n) is 7.66. The Morgan fingerprint density at radius 3 is 1.97 bits per heavy atom. The number of carbonyl (C=O) groups excluding carboxylic acids is 2. The minimum Gasteiger partial charge on any atom is -0.364 e. The first-order valence-electron chi connectivity index (χ1n) is 9.98. The molecule has 2 heterocycles. The van der Waals surface area contributed by atoms with Crippen molar-refractivity contribution in [1.82, 2.24) is 14.7 Å². The van der Waals surface area contributed by atoms with E-state index in [9.17, 15) is 18.4 Å². The van der Waals surface area contributed by atoms with Crippen LogP contribution in [-0.4, -0.2) is 66.3 Å². The molecule has 2 aromatic rings. The average Bonchev–Trinajstić information content (AvgIpc) is 2.99. The van der Waals surface area contributed by atoms with Crippen LogP contribution >= 0.6 is 0 Å². The molecule has 0 aliphatic carbocycles. The first-order chi connectivity index (χ1) is 14.4. The lowest BCUT2D eigenvalue weighted by Gasteiger charge is -2.34. The summed E-state index contributed by atoms with van der Waals surface area (Å²) in [5.74, 6) is -1.43. The van der Waals surface area contributed by atoms with Gasteiger partial charge in [-0.05, 0) is 48.9 Å². The smallest absolute Gasteiger partial charge is 0.277 e. The zero-order valence-corrected chi connectivity index (χ0v) is 16.8. The molecular weight excluding hydrogens is 388 g/mol. The van der Waals surface area contributed by atoms with Gasteiger partial charge in [0, 0.05) is 32.7 Å². The molecule has 5 nitrogen and oxygen atoms in total. The first-order valence-corrected chi connectivity index (χ1v) is 9.98. The van der Waals surface area contributed by atoms with Gasteiger partial charge in [0.1, 0.15) is 17.3 Å². The van der Waals surface area contributed by atoms with E-state index in [0.717, 1.165) is 18.7 Å². The van der Waals surface area contributed by atoms with Crippen molar-refractivity contribution in [3.05, 3.63) is 77.0 Å². The van der Waals surface area contributed by atoms with Gasteiger partial charge in [0.15, 0.2) is 0 Å². The molecule has 0 spiro atoms. The summed E-state index contributed by atoms with van der Waals surface area (Å²) in [5, 5.41) is 0. The van der Waals surface area contributed by atoms with Crippen LogP contribution in [0.1, 0.15) is 11.1 Å². The monoisotopic (exact) mass is 411 g/mol. The highest BCUT2D eigenvalue weighted by atomic mass is 19.1. The van der Waals surface area contributed by atoms with Crippen LogP contribution in [0.4, 0.5) is 8.78 Å². The van der Waals surface area contributed by atoms with Gasteiger partial charge in [0.05, 0.1) is 5.57 Å². The van der Waals surface area contributed by atoms with Crippen LogP contribution < -0.4 is 0 Å². The van der Waals surface area contributed by atoms with E-state index in [2.05, 4.69) is 4.90 Å². The largest absolute Gasteiger partial charge is 0.364 e. The molecule has 0 radical (unpaired) electrons. The van der Waals surface area contributed by atoms with Crippen LogP contribution in [0.3, 0.4) is 0 Å². The van der Waals surface area contributed by atoms with Crippen LogP contribution in [0, 0.1) is 11.6 Å². The van der Waals surface area contributed by atoms with Crippen LogP contribution in [-0.2, 0) is 16.0 Å². The third-order valence-electron chi connectivity index (χ3n) is 5.63. The third-order valence-corrected chi connectivity index (χ3v) is 5.63. The minimum absolute atomic E-state index is 0.200. The number of halogens is 2. The summed E-state index contributed by atoms with van der Waals surface area (Å²) in [4.78, 5) is 31.9. The molecule has 0 atom stereocenters. The SMILES string of the molecule is CN1CCN(C2=C(c3ccc(F)cc3)C(=O)N(CCc3ccc(F)cc3)C2=O)CC1. The number of hydrogen-bond acceptors (Lipinski definition) is 4.